The number of nitrogen functional groups attached to an aromatic ring is 2. The monoisotopic (exact) mass is 578 g/mol. The molecule has 4 rings (SSSR count). The Hall–Kier alpha value is -6.06. The highest BCUT2D eigenvalue weighted by molar-refractivity contribution is 5.97. The van der Waals surface area contributed by atoms with Gasteiger partial charge in [-0.1, -0.05) is 0 Å². The number of hydrogen-bond acceptors (Lipinski definition) is 11. The lowest BCUT2D eigenvalue weighted by Crippen LogP contribution is -2.41. The first kappa shape index (κ1) is 30.5. The number of nitrogens with zero attached hydrogens (tertiary/aromatic N) is 3. The maximum Gasteiger partial charge on any atom is 0.335 e. The second kappa shape index (κ2) is 13.8. The molecule has 2 heterocycles. The van der Waals surface area contributed by atoms with Gasteiger partial charge in [0, 0.05) is 23.4 Å². The minimum Gasteiger partial charge on any atom is -0.481 e. The van der Waals surface area contributed by atoms with Crippen LogP contribution in [0.4, 0.5) is 17.3 Å². The van der Waals surface area contributed by atoms with E-state index in [9.17, 15) is 24.0 Å². The number of H-pyrrole nitrogens is 1. The van der Waals surface area contributed by atoms with E-state index < -0.39 is 35.4 Å². The molecule has 1 atom stereocenters. The first-order valence-electron chi connectivity index (χ1n) is 12.1. The van der Waals surface area contributed by atoms with Crippen LogP contribution in [0.3, 0.4) is 0 Å². The van der Waals surface area contributed by atoms with Gasteiger partial charge in [0.1, 0.15) is 6.04 Å². The van der Waals surface area contributed by atoms with Gasteiger partial charge in [0.25, 0.3) is 11.5 Å². The number of carbonyl (C=O) groups excluding carboxylic acids is 1. The topological polar surface area (TPSA) is 277 Å². The number of carbonyl (C=O) groups is 4. The van der Waals surface area contributed by atoms with E-state index in [0.717, 1.165) is 0 Å². The molecule has 1 amide bonds. The van der Waals surface area contributed by atoms with Crippen LogP contribution in [-0.4, -0.2) is 65.1 Å². The summed E-state index contributed by atoms with van der Waals surface area (Å²) in [6, 6.07) is 10.9. The van der Waals surface area contributed by atoms with E-state index in [1.54, 1.807) is 24.3 Å². The number of benzene rings is 2. The van der Waals surface area contributed by atoms with Gasteiger partial charge in [-0.05, 0) is 55.0 Å². The summed E-state index contributed by atoms with van der Waals surface area (Å²) in [5, 5.41) is 31.6. The smallest absolute Gasteiger partial charge is 0.335 e. The molecule has 16 nitrogen and oxygen atoms in total. The number of nitrogens with two attached hydrogens (primary N) is 2. The maximum atomic E-state index is 12.3. The molecule has 0 radical (unpaired) electrons. The molecule has 0 aliphatic heterocycles. The van der Waals surface area contributed by atoms with Gasteiger partial charge in [-0.2, -0.15) is 4.98 Å². The number of anilines is 3. The van der Waals surface area contributed by atoms with E-state index in [2.05, 4.69) is 30.6 Å². The number of amides is 1. The molecule has 0 aliphatic rings. The molecule has 0 saturated carbocycles. The molecule has 10 N–H and O–H groups in total. The van der Waals surface area contributed by atoms with Crippen molar-refractivity contribution >= 4 is 52.3 Å². The Morgan fingerprint density at radius 2 is 1.55 bits per heavy atom. The van der Waals surface area contributed by atoms with Gasteiger partial charge in [-0.15, -0.1) is 0 Å². The summed E-state index contributed by atoms with van der Waals surface area (Å²) in [5.74, 6) is -4.09. The lowest BCUT2D eigenvalue weighted by molar-refractivity contribution is -0.140. The van der Waals surface area contributed by atoms with Gasteiger partial charge in [-0.3, -0.25) is 19.4 Å². The number of aromatic carboxylic acids is 1. The Morgan fingerprint density at radius 1 is 0.905 bits per heavy atom. The second-order valence-electron chi connectivity index (χ2n) is 8.64. The predicted molar refractivity (Wildman–Crippen MR) is 150 cm³/mol. The Kier molecular flexibility index (Phi) is 10.0. The molecule has 2 aromatic carbocycles. The van der Waals surface area contributed by atoms with Gasteiger partial charge in [0.05, 0.1) is 24.0 Å². The summed E-state index contributed by atoms with van der Waals surface area (Å²) in [5.41, 5.74) is 12.6. The van der Waals surface area contributed by atoms with Crippen molar-refractivity contribution in [1.29, 1.82) is 0 Å². The van der Waals surface area contributed by atoms with Crippen molar-refractivity contribution in [2.45, 2.75) is 25.4 Å². The van der Waals surface area contributed by atoms with E-state index in [1.165, 1.54) is 30.5 Å². The van der Waals surface area contributed by atoms with Crippen LogP contribution in [0.15, 0.2) is 59.5 Å². The maximum absolute atomic E-state index is 12.3. The highest BCUT2D eigenvalue weighted by Gasteiger charge is 2.21. The van der Waals surface area contributed by atoms with Crippen LogP contribution in [-0.2, 0) is 16.1 Å². The number of nitrogens with one attached hydrogen (secondary N) is 3. The van der Waals surface area contributed by atoms with Gasteiger partial charge >= 0.3 is 17.9 Å². The zero-order valence-electron chi connectivity index (χ0n) is 21.8. The molecule has 218 valence electrons. The Bertz CT molecular complexity index is 1660. The number of aliphatic carboxylic acids is 2. The first-order chi connectivity index (χ1) is 19.9. The predicted octanol–water partition coefficient (Wildman–Crippen LogP) is 0.922. The number of carboxylic acid groups (broad SMARTS) is 3. The summed E-state index contributed by atoms with van der Waals surface area (Å²) in [7, 11) is 0. The van der Waals surface area contributed by atoms with Crippen molar-refractivity contribution in [1.82, 2.24) is 25.3 Å². The van der Waals surface area contributed by atoms with Crippen LogP contribution in [0.5, 0.6) is 0 Å². The third-order valence-electron chi connectivity index (χ3n) is 5.51. The Labute approximate surface area is 236 Å². The molecule has 16 heteroatoms. The van der Waals surface area contributed by atoms with Gasteiger partial charge in [0.2, 0.25) is 5.95 Å². The molecular formula is C26H26N8O8. The number of carboxylic acids is 3. The third kappa shape index (κ3) is 8.73. The summed E-state index contributed by atoms with van der Waals surface area (Å²) in [6.45, 7) is 0.231. The number of rotatable bonds is 10. The van der Waals surface area contributed by atoms with Gasteiger partial charge < -0.3 is 37.4 Å². The normalized spacial score (nSPS) is 11.0. The first-order valence-corrected chi connectivity index (χ1v) is 12.1. The number of fused-ring (bicyclic) bond motifs is 1. The average molecular weight is 579 g/mol. The summed E-state index contributed by atoms with van der Waals surface area (Å²) < 4.78 is 0. The van der Waals surface area contributed by atoms with Crippen LogP contribution < -0.4 is 27.7 Å². The molecule has 0 aliphatic carbocycles. The molecule has 42 heavy (non-hydrogen) atoms. The molecule has 0 fully saturated rings. The summed E-state index contributed by atoms with van der Waals surface area (Å²) in [6.07, 6.45) is 0.840. The number of hydrogen-bond donors (Lipinski definition) is 8. The van der Waals surface area contributed by atoms with Gasteiger partial charge in [-0.25, -0.2) is 19.6 Å². The second-order valence-corrected chi connectivity index (χ2v) is 8.64. The summed E-state index contributed by atoms with van der Waals surface area (Å²) in [4.78, 5) is 70.8. The van der Waals surface area contributed by atoms with Crippen molar-refractivity contribution in [2.75, 3.05) is 16.8 Å². The summed E-state index contributed by atoms with van der Waals surface area (Å²) >= 11 is 0. The molecule has 1 unspecified atom stereocenters. The molecule has 0 spiro atoms. The highest BCUT2D eigenvalue weighted by Crippen LogP contribution is 2.12. The van der Waals surface area contributed by atoms with Crippen molar-refractivity contribution < 1.29 is 34.5 Å². The molecule has 0 saturated heterocycles. The lowest BCUT2D eigenvalue weighted by Gasteiger charge is -2.14. The van der Waals surface area contributed by atoms with Crippen molar-refractivity contribution in [3.05, 3.63) is 81.9 Å². The third-order valence-corrected chi connectivity index (χ3v) is 5.51. The zero-order valence-corrected chi connectivity index (χ0v) is 21.8. The quantitative estimate of drug-likeness (QED) is 0.122. The van der Waals surface area contributed by atoms with Crippen LogP contribution in [0.25, 0.3) is 11.2 Å². The Morgan fingerprint density at radius 3 is 2.14 bits per heavy atom. The standard InChI is InChI=1S/C19H19N7O6.C7H7NO2/c20-19-25-15-14(17(30)26-19)23-11(8-22-15)7-21-10-3-1-9(2-4-10)16(29)24-12(18(31)32)5-6-13(27)28;8-6-3-1-5(2-4-6)7(9)10/h1-4,8,12,21H,5-7H2,(H,24,29)(H,27,28)(H,31,32)(H3,20,22,25,26,30);1-4H,8H2,(H,9,10). The molecule has 2 aromatic heterocycles. The molecule has 4 aromatic rings. The fourth-order valence-corrected chi connectivity index (χ4v) is 3.38. The van der Waals surface area contributed by atoms with Crippen LogP contribution in [0.1, 0.15) is 39.3 Å². The fourth-order valence-electron chi connectivity index (χ4n) is 3.38. The van der Waals surface area contributed by atoms with Crippen LogP contribution in [0, 0.1) is 0 Å². The average Bonchev–Trinajstić information content (AvgIpc) is 2.94. The van der Waals surface area contributed by atoms with E-state index in [0.29, 0.717) is 17.1 Å². The number of aromatic amines is 1. The van der Waals surface area contributed by atoms with Crippen molar-refractivity contribution in [2.24, 2.45) is 0 Å². The van der Waals surface area contributed by atoms with E-state index in [1.807, 2.05) is 0 Å². The largest absolute Gasteiger partial charge is 0.481 e. The van der Waals surface area contributed by atoms with Crippen molar-refractivity contribution in [3.8, 4) is 0 Å². The number of aromatic nitrogens is 4. The zero-order chi connectivity index (χ0) is 30.8. The van der Waals surface area contributed by atoms with E-state index >= 15 is 0 Å². The van der Waals surface area contributed by atoms with Crippen LogP contribution >= 0.6 is 0 Å². The minimum atomic E-state index is -1.31. The lowest BCUT2D eigenvalue weighted by atomic mass is 10.1. The van der Waals surface area contributed by atoms with E-state index in [4.69, 9.17) is 26.8 Å². The molecule has 0 bridgehead atoms. The SMILES string of the molecule is Nc1ccc(C(=O)O)cc1.Nc1nc2ncc(CNc3ccc(C(=O)NC(CCC(=O)O)C(=O)O)cc3)nc2c(=O)[nH]1. The minimum absolute atomic E-state index is 0.0524. The fraction of sp³-hybridized carbons (Fsp3) is 0.154. The van der Waals surface area contributed by atoms with Crippen molar-refractivity contribution in [3.63, 3.8) is 0 Å². The molecular weight excluding hydrogens is 552 g/mol. The van der Waals surface area contributed by atoms with Crippen LogP contribution in [0.2, 0.25) is 0 Å². The highest BCUT2D eigenvalue weighted by atomic mass is 16.4. The Balaban J connectivity index is 0.000000408. The van der Waals surface area contributed by atoms with E-state index in [-0.39, 0.29) is 47.6 Å². The van der Waals surface area contributed by atoms with Gasteiger partial charge in [0.15, 0.2) is 11.2 Å².